The monoisotopic (exact) mass is 355 g/mol. The average Bonchev–Trinajstić information content (AvgIpc) is 2.41. The molecule has 0 bridgehead atoms. The second-order valence-corrected chi connectivity index (χ2v) is 5.40. The number of aromatic carboxylic acids is 1. The Hall–Kier alpha value is -2.00. The summed E-state index contributed by atoms with van der Waals surface area (Å²) in [5, 5.41) is 20.2. The minimum atomic E-state index is -1.09. The summed E-state index contributed by atoms with van der Waals surface area (Å²) in [6.45, 7) is 0. The minimum absolute atomic E-state index is 0.0651. The Labute approximate surface area is 125 Å². The van der Waals surface area contributed by atoms with E-state index >= 15 is 0 Å². The molecule has 0 fully saturated rings. The normalized spacial score (nSPS) is 10.2. The quantitative estimate of drug-likeness (QED) is 0.663. The predicted molar refractivity (Wildman–Crippen MR) is 73.9 cm³/mol. The SMILES string of the molecule is O=C(O)c1ccnc(Sc2c(Br)cncc2[N+](=O)[O-])c1. The molecule has 0 unspecified atom stereocenters. The number of hydrogen-bond acceptors (Lipinski definition) is 6. The van der Waals surface area contributed by atoms with Gasteiger partial charge in [0.1, 0.15) is 16.1 Å². The fraction of sp³-hybridized carbons (Fsp3) is 0. The maximum absolute atomic E-state index is 11.0. The van der Waals surface area contributed by atoms with Gasteiger partial charge in [-0.05, 0) is 28.1 Å². The molecule has 0 radical (unpaired) electrons. The van der Waals surface area contributed by atoms with E-state index in [1.165, 1.54) is 24.5 Å². The van der Waals surface area contributed by atoms with Gasteiger partial charge in [-0.15, -0.1) is 0 Å². The van der Waals surface area contributed by atoms with Gasteiger partial charge in [-0.25, -0.2) is 9.78 Å². The van der Waals surface area contributed by atoms with Crippen LogP contribution in [-0.4, -0.2) is 26.0 Å². The van der Waals surface area contributed by atoms with Crippen LogP contribution in [0.3, 0.4) is 0 Å². The highest BCUT2D eigenvalue weighted by molar-refractivity contribution is 9.10. The van der Waals surface area contributed by atoms with Crippen molar-refractivity contribution in [1.82, 2.24) is 9.97 Å². The summed E-state index contributed by atoms with van der Waals surface area (Å²) in [5.74, 6) is -1.09. The van der Waals surface area contributed by atoms with E-state index in [0.717, 1.165) is 18.0 Å². The fourth-order valence-corrected chi connectivity index (χ4v) is 2.80. The van der Waals surface area contributed by atoms with Crippen molar-refractivity contribution in [2.75, 3.05) is 0 Å². The van der Waals surface area contributed by atoms with Crippen molar-refractivity contribution in [1.29, 1.82) is 0 Å². The molecular weight excluding hydrogens is 350 g/mol. The van der Waals surface area contributed by atoms with Crippen LogP contribution >= 0.6 is 27.7 Å². The first kappa shape index (κ1) is 14.4. The zero-order chi connectivity index (χ0) is 14.7. The Morgan fingerprint density at radius 2 is 2.20 bits per heavy atom. The molecule has 0 aliphatic rings. The lowest BCUT2D eigenvalue weighted by atomic mass is 10.3. The van der Waals surface area contributed by atoms with Gasteiger partial charge in [-0.1, -0.05) is 11.8 Å². The molecule has 0 spiro atoms. The number of nitro groups is 1. The first-order valence-corrected chi connectivity index (χ1v) is 6.75. The van der Waals surface area contributed by atoms with Crippen LogP contribution in [0.15, 0.2) is 45.1 Å². The summed E-state index contributed by atoms with van der Waals surface area (Å²) in [6, 6.07) is 2.70. The third-order valence-corrected chi connectivity index (χ3v) is 4.15. The van der Waals surface area contributed by atoms with Crippen LogP contribution in [0, 0.1) is 10.1 Å². The van der Waals surface area contributed by atoms with Crippen molar-refractivity contribution in [2.24, 2.45) is 0 Å². The third kappa shape index (κ3) is 3.11. The van der Waals surface area contributed by atoms with E-state index in [4.69, 9.17) is 5.11 Å². The molecule has 2 aromatic rings. The highest BCUT2D eigenvalue weighted by atomic mass is 79.9. The largest absolute Gasteiger partial charge is 0.478 e. The molecular formula is C11H6BrN3O4S. The molecule has 2 rings (SSSR count). The van der Waals surface area contributed by atoms with E-state index in [2.05, 4.69) is 25.9 Å². The lowest BCUT2D eigenvalue weighted by molar-refractivity contribution is -0.388. The van der Waals surface area contributed by atoms with Gasteiger partial charge >= 0.3 is 11.7 Å². The Kier molecular flexibility index (Phi) is 4.30. The molecule has 9 heteroatoms. The molecule has 0 saturated carbocycles. The van der Waals surface area contributed by atoms with Crippen molar-refractivity contribution in [2.45, 2.75) is 9.92 Å². The van der Waals surface area contributed by atoms with E-state index < -0.39 is 10.9 Å². The minimum Gasteiger partial charge on any atom is -0.478 e. The van der Waals surface area contributed by atoms with E-state index in [9.17, 15) is 14.9 Å². The second-order valence-electron chi connectivity index (χ2n) is 3.52. The molecule has 102 valence electrons. The summed E-state index contributed by atoms with van der Waals surface area (Å²) < 4.78 is 0.444. The van der Waals surface area contributed by atoms with Gasteiger partial charge in [0.2, 0.25) is 0 Å². The average molecular weight is 356 g/mol. The van der Waals surface area contributed by atoms with Crippen molar-refractivity contribution >= 4 is 39.3 Å². The molecule has 2 heterocycles. The Bertz CT molecular complexity index is 695. The first-order valence-electron chi connectivity index (χ1n) is 5.14. The lowest BCUT2D eigenvalue weighted by Crippen LogP contribution is -1.97. The molecule has 0 amide bonds. The standard InChI is InChI=1S/C11H6BrN3O4S/c12-7-4-13-5-8(15(18)19)10(7)20-9-3-6(11(16)17)1-2-14-9/h1-5H,(H,16,17). The third-order valence-electron chi connectivity index (χ3n) is 2.22. The molecule has 0 aromatic carbocycles. The zero-order valence-corrected chi connectivity index (χ0v) is 12.1. The number of carboxylic acid groups (broad SMARTS) is 1. The smallest absolute Gasteiger partial charge is 0.335 e. The summed E-state index contributed by atoms with van der Waals surface area (Å²) in [5.41, 5.74) is -0.109. The maximum Gasteiger partial charge on any atom is 0.335 e. The van der Waals surface area contributed by atoms with Gasteiger partial charge < -0.3 is 5.11 Å². The van der Waals surface area contributed by atoms with Crippen molar-refractivity contribution < 1.29 is 14.8 Å². The highest BCUT2D eigenvalue weighted by Gasteiger charge is 2.19. The van der Waals surface area contributed by atoms with E-state index in [-0.39, 0.29) is 11.3 Å². The Balaban J connectivity index is 2.42. The zero-order valence-electron chi connectivity index (χ0n) is 9.69. The number of carbonyl (C=O) groups is 1. The Morgan fingerprint density at radius 3 is 2.85 bits per heavy atom. The maximum atomic E-state index is 11.0. The van der Waals surface area contributed by atoms with Gasteiger partial charge in [0.05, 0.1) is 15.0 Å². The van der Waals surface area contributed by atoms with Gasteiger partial charge in [0.25, 0.3) is 0 Å². The van der Waals surface area contributed by atoms with Crippen LogP contribution in [0.4, 0.5) is 5.69 Å². The van der Waals surface area contributed by atoms with Gasteiger partial charge in [-0.3, -0.25) is 15.1 Å². The van der Waals surface area contributed by atoms with Crippen LogP contribution < -0.4 is 0 Å². The molecule has 0 aliphatic heterocycles. The number of pyridine rings is 2. The Morgan fingerprint density at radius 1 is 1.45 bits per heavy atom. The lowest BCUT2D eigenvalue weighted by Gasteiger charge is -2.04. The summed E-state index contributed by atoms with van der Waals surface area (Å²) in [6.07, 6.45) is 3.90. The van der Waals surface area contributed by atoms with Crippen molar-refractivity contribution in [3.8, 4) is 0 Å². The second kappa shape index (κ2) is 5.97. The summed E-state index contributed by atoms with van der Waals surface area (Å²) >= 11 is 4.19. The van der Waals surface area contributed by atoms with E-state index in [1.54, 1.807) is 0 Å². The molecule has 20 heavy (non-hydrogen) atoms. The number of hydrogen-bond donors (Lipinski definition) is 1. The highest BCUT2D eigenvalue weighted by Crippen LogP contribution is 2.38. The fourth-order valence-electron chi connectivity index (χ4n) is 1.35. The molecule has 0 atom stereocenters. The molecule has 2 aromatic heterocycles. The van der Waals surface area contributed by atoms with Crippen LogP contribution in [0.1, 0.15) is 10.4 Å². The molecule has 0 saturated heterocycles. The van der Waals surface area contributed by atoms with Crippen LogP contribution in [0.5, 0.6) is 0 Å². The topological polar surface area (TPSA) is 106 Å². The predicted octanol–water partition coefficient (Wildman–Crippen LogP) is 3.00. The molecule has 7 nitrogen and oxygen atoms in total. The molecule has 1 N–H and O–H groups in total. The summed E-state index contributed by atoms with van der Waals surface area (Å²) in [4.78, 5) is 29.3. The number of aromatic nitrogens is 2. The van der Waals surface area contributed by atoms with E-state index in [1.807, 2.05) is 0 Å². The van der Waals surface area contributed by atoms with Gasteiger partial charge in [0, 0.05) is 12.4 Å². The number of nitrogens with zero attached hydrogens (tertiary/aromatic N) is 3. The van der Waals surface area contributed by atoms with E-state index in [0.29, 0.717) is 14.4 Å². The summed E-state index contributed by atoms with van der Waals surface area (Å²) in [7, 11) is 0. The number of halogens is 1. The van der Waals surface area contributed by atoms with Crippen LogP contribution in [-0.2, 0) is 0 Å². The first-order chi connectivity index (χ1) is 9.49. The van der Waals surface area contributed by atoms with Crippen molar-refractivity contribution in [3.63, 3.8) is 0 Å². The van der Waals surface area contributed by atoms with Gasteiger partial charge in [0.15, 0.2) is 0 Å². The van der Waals surface area contributed by atoms with Gasteiger partial charge in [-0.2, -0.15) is 0 Å². The number of carboxylic acids is 1. The van der Waals surface area contributed by atoms with Crippen molar-refractivity contribution in [3.05, 3.63) is 50.9 Å². The number of rotatable bonds is 4. The molecule has 0 aliphatic carbocycles. The van der Waals surface area contributed by atoms with Crippen LogP contribution in [0.2, 0.25) is 0 Å². The van der Waals surface area contributed by atoms with Crippen LogP contribution in [0.25, 0.3) is 0 Å².